The minimum absolute atomic E-state index is 0.750. The predicted octanol–water partition coefficient (Wildman–Crippen LogP) is 2.65. The average molecular weight is 231 g/mol. The fourth-order valence-corrected chi connectivity index (χ4v) is 2.24. The van der Waals surface area contributed by atoms with E-state index in [1.165, 1.54) is 0 Å². The summed E-state index contributed by atoms with van der Waals surface area (Å²) in [7, 11) is 0. The number of H-pyrrole nitrogens is 1. The second-order valence-electron chi connectivity index (χ2n) is 3.47. The quantitative estimate of drug-likeness (QED) is 0.368. The normalized spacial score (nSPS) is 10.4. The fraction of sp³-hybridized carbons (Fsp3) is 0.250. The van der Waals surface area contributed by atoms with Crippen molar-refractivity contribution in [1.82, 2.24) is 9.97 Å². The molecule has 0 amide bonds. The topological polar surface area (TPSA) is 54.7 Å². The molecule has 16 heavy (non-hydrogen) atoms. The van der Waals surface area contributed by atoms with Gasteiger partial charge in [0.2, 0.25) is 0 Å². The Kier molecular flexibility index (Phi) is 3.37. The lowest BCUT2D eigenvalue weighted by Crippen LogP contribution is -1.82. The van der Waals surface area contributed by atoms with Crippen molar-refractivity contribution in [3.05, 3.63) is 18.2 Å². The first kappa shape index (κ1) is 10.9. The zero-order valence-electron chi connectivity index (χ0n) is 8.86. The molecule has 2 aromatic rings. The van der Waals surface area contributed by atoms with Crippen LogP contribution in [0.2, 0.25) is 0 Å². The molecule has 0 bridgehead atoms. The summed E-state index contributed by atoms with van der Waals surface area (Å²) >= 11 is 1.69. The number of hydrogen-bond donors (Lipinski definition) is 2. The Morgan fingerprint density at radius 3 is 3.19 bits per heavy atom. The number of nitrogen functional groups attached to an aromatic ring is 1. The lowest BCUT2D eigenvalue weighted by Gasteiger charge is -1.93. The van der Waals surface area contributed by atoms with Gasteiger partial charge in [-0.2, -0.15) is 0 Å². The van der Waals surface area contributed by atoms with Crippen LogP contribution in [0.1, 0.15) is 12.8 Å². The van der Waals surface area contributed by atoms with Crippen molar-refractivity contribution in [2.24, 2.45) is 0 Å². The highest BCUT2D eigenvalue weighted by atomic mass is 32.2. The maximum absolute atomic E-state index is 5.70. The highest BCUT2D eigenvalue weighted by molar-refractivity contribution is 7.99. The van der Waals surface area contributed by atoms with Gasteiger partial charge in [-0.1, -0.05) is 11.8 Å². The number of nitrogens with one attached hydrogen (secondary N) is 1. The van der Waals surface area contributed by atoms with Gasteiger partial charge in [0.15, 0.2) is 5.16 Å². The second kappa shape index (κ2) is 4.95. The van der Waals surface area contributed by atoms with E-state index in [1.807, 2.05) is 18.2 Å². The van der Waals surface area contributed by atoms with E-state index in [2.05, 4.69) is 15.9 Å². The highest BCUT2D eigenvalue weighted by Crippen LogP contribution is 2.21. The van der Waals surface area contributed by atoms with E-state index in [1.54, 1.807) is 11.8 Å². The molecule has 0 fully saturated rings. The summed E-state index contributed by atoms with van der Waals surface area (Å²) < 4.78 is 0. The SMILES string of the molecule is C#CCCCSc1nc2ccc(N)cc2[nH]1. The first-order valence-corrected chi connectivity index (χ1v) is 6.09. The van der Waals surface area contributed by atoms with Crippen LogP contribution in [-0.4, -0.2) is 15.7 Å². The van der Waals surface area contributed by atoms with Gasteiger partial charge in [0.05, 0.1) is 11.0 Å². The zero-order valence-corrected chi connectivity index (χ0v) is 9.68. The number of thioether (sulfide) groups is 1. The number of imidazole rings is 1. The number of nitrogens with two attached hydrogens (primary N) is 1. The van der Waals surface area contributed by atoms with Gasteiger partial charge in [0, 0.05) is 17.9 Å². The van der Waals surface area contributed by atoms with Gasteiger partial charge < -0.3 is 10.7 Å². The summed E-state index contributed by atoms with van der Waals surface area (Å²) in [4.78, 5) is 7.69. The molecule has 0 aliphatic heterocycles. The number of rotatable bonds is 4. The lowest BCUT2D eigenvalue weighted by molar-refractivity contribution is 0.986. The molecule has 1 heterocycles. The number of nitrogens with zero attached hydrogens (tertiary/aromatic N) is 1. The molecule has 4 heteroatoms. The van der Waals surface area contributed by atoms with Crippen molar-refractivity contribution < 1.29 is 0 Å². The largest absolute Gasteiger partial charge is 0.399 e. The third-order valence-corrected chi connectivity index (χ3v) is 3.15. The molecule has 1 aromatic heterocycles. The molecule has 0 aliphatic carbocycles. The van der Waals surface area contributed by atoms with Gasteiger partial charge in [-0.25, -0.2) is 4.98 Å². The molecule has 82 valence electrons. The molecule has 3 N–H and O–H groups in total. The average Bonchev–Trinajstić information content (AvgIpc) is 2.66. The van der Waals surface area contributed by atoms with Gasteiger partial charge in [-0.3, -0.25) is 0 Å². The Balaban J connectivity index is 2.06. The van der Waals surface area contributed by atoms with Crippen molar-refractivity contribution in [3.8, 4) is 12.3 Å². The first-order valence-electron chi connectivity index (χ1n) is 5.11. The van der Waals surface area contributed by atoms with Gasteiger partial charge >= 0.3 is 0 Å². The monoisotopic (exact) mass is 231 g/mol. The molecule has 0 saturated carbocycles. The summed E-state index contributed by atoms with van der Waals surface area (Å²) in [6, 6.07) is 5.68. The van der Waals surface area contributed by atoms with Crippen molar-refractivity contribution in [1.29, 1.82) is 0 Å². The fourth-order valence-electron chi connectivity index (χ4n) is 1.42. The van der Waals surface area contributed by atoms with Crippen molar-refractivity contribution in [3.63, 3.8) is 0 Å². The number of anilines is 1. The Labute approximate surface area is 98.8 Å². The van der Waals surface area contributed by atoms with Crippen molar-refractivity contribution in [2.45, 2.75) is 18.0 Å². The number of terminal acetylenes is 1. The van der Waals surface area contributed by atoms with E-state index in [9.17, 15) is 0 Å². The van der Waals surface area contributed by atoms with Gasteiger partial charge in [0.25, 0.3) is 0 Å². The molecule has 0 aliphatic rings. The van der Waals surface area contributed by atoms with E-state index in [-0.39, 0.29) is 0 Å². The first-order chi connectivity index (χ1) is 7.79. The van der Waals surface area contributed by atoms with Crippen LogP contribution in [0.5, 0.6) is 0 Å². The van der Waals surface area contributed by atoms with Crippen LogP contribution in [0.25, 0.3) is 11.0 Å². The van der Waals surface area contributed by atoms with E-state index in [0.29, 0.717) is 0 Å². The molecule has 0 spiro atoms. The van der Waals surface area contributed by atoms with E-state index in [0.717, 1.165) is 40.5 Å². The molecular weight excluding hydrogens is 218 g/mol. The lowest BCUT2D eigenvalue weighted by atomic mass is 10.3. The Hall–Kier alpha value is -1.60. The second-order valence-corrected chi connectivity index (χ2v) is 4.56. The van der Waals surface area contributed by atoms with Crippen molar-refractivity contribution >= 4 is 28.5 Å². The number of fused-ring (bicyclic) bond motifs is 1. The molecule has 0 unspecified atom stereocenters. The third-order valence-electron chi connectivity index (χ3n) is 2.19. The number of unbranched alkanes of at least 4 members (excludes halogenated alkanes) is 1. The van der Waals surface area contributed by atoms with Crippen LogP contribution >= 0.6 is 11.8 Å². The highest BCUT2D eigenvalue weighted by Gasteiger charge is 2.02. The summed E-state index contributed by atoms with van der Waals surface area (Å²) in [6.07, 6.45) is 7.02. The molecule has 2 rings (SSSR count). The maximum atomic E-state index is 5.70. The van der Waals surface area contributed by atoms with E-state index >= 15 is 0 Å². The molecular formula is C12H13N3S. The van der Waals surface area contributed by atoms with Crippen LogP contribution in [0, 0.1) is 12.3 Å². The molecule has 1 aromatic carbocycles. The third kappa shape index (κ3) is 2.50. The van der Waals surface area contributed by atoms with E-state index < -0.39 is 0 Å². The summed E-state index contributed by atoms with van der Waals surface area (Å²) in [5.41, 5.74) is 8.38. The van der Waals surface area contributed by atoms with Gasteiger partial charge in [0.1, 0.15) is 0 Å². The van der Waals surface area contributed by atoms with Crippen molar-refractivity contribution in [2.75, 3.05) is 11.5 Å². The number of aromatic amines is 1. The smallest absolute Gasteiger partial charge is 0.166 e. The summed E-state index contributed by atoms with van der Waals surface area (Å²) in [5.74, 6) is 3.61. The minimum Gasteiger partial charge on any atom is -0.399 e. The van der Waals surface area contributed by atoms with Gasteiger partial charge in [-0.05, 0) is 24.6 Å². The van der Waals surface area contributed by atoms with E-state index in [4.69, 9.17) is 12.2 Å². The van der Waals surface area contributed by atoms with Crippen LogP contribution in [0.3, 0.4) is 0 Å². The van der Waals surface area contributed by atoms with Crippen LogP contribution in [0.4, 0.5) is 5.69 Å². The molecule has 3 nitrogen and oxygen atoms in total. The standard InChI is InChI=1S/C12H13N3S/c1-2-3-4-7-16-12-14-10-6-5-9(13)8-11(10)15-12/h1,5-6,8H,3-4,7,13H2,(H,14,15). The maximum Gasteiger partial charge on any atom is 0.166 e. The molecule has 0 radical (unpaired) electrons. The zero-order chi connectivity index (χ0) is 11.4. The van der Waals surface area contributed by atoms with Crippen LogP contribution < -0.4 is 5.73 Å². The Morgan fingerprint density at radius 2 is 2.38 bits per heavy atom. The Bertz CT molecular complexity index is 525. The van der Waals surface area contributed by atoms with Crippen LogP contribution in [-0.2, 0) is 0 Å². The van der Waals surface area contributed by atoms with Crippen LogP contribution in [0.15, 0.2) is 23.4 Å². The Morgan fingerprint density at radius 1 is 1.50 bits per heavy atom. The summed E-state index contributed by atoms with van der Waals surface area (Å²) in [5, 5.41) is 0.928. The number of benzene rings is 1. The molecule has 0 saturated heterocycles. The summed E-state index contributed by atoms with van der Waals surface area (Å²) in [6.45, 7) is 0. The minimum atomic E-state index is 0.750. The predicted molar refractivity (Wildman–Crippen MR) is 69.3 cm³/mol. The molecule has 0 atom stereocenters. The van der Waals surface area contributed by atoms with Gasteiger partial charge in [-0.15, -0.1) is 12.3 Å². The number of aromatic nitrogens is 2. The number of hydrogen-bond acceptors (Lipinski definition) is 3.